The second-order valence-corrected chi connectivity index (χ2v) is 7.59. The molecule has 0 saturated carbocycles. The van der Waals surface area contributed by atoms with Gasteiger partial charge in [0.2, 0.25) is 5.91 Å². The highest BCUT2D eigenvalue weighted by Gasteiger charge is 2.25. The quantitative estimate of drug-likeness (QED) is 0.705. The SMILES string of the molecule is O=C(CC1OCCc2ccsc21)Nc1ccccc1-c1cccs1. The Bertz CT molecular complexity index is 839. The van der Waals surface area contributed by atoms with Crippen LogP contribution in [0.5, 0.6) is 0 Å². The number of para-hydroxylation sites is 1. The van der Waals surface area contributed by atoms with E-state index in [1.165, 1.54) is 10.4 Å². The molecule has 1 unspecified atom stereocenters. The van der Waals surface area contributed by atoms with Crippen LogP contribution in [0.25, 0.3) is 10.4 Å². The number of nitrogens with one attached hydrogen (secondary N) is 1. The smallest absolute Gasteiger partial charge is 0.227 e. The molecule has 0 aliphatic carbocycles. The first-order valence-corrected chi connectivity index (χ1v) is 9.68. The molecule has 3 nitrogen and oxygen atoms in total. The largest absolute Gasteiger partial charge is 0.372 e. The fourth-order valence-electron chi connectivity index (χ4n) is 2.98. The third kappa shape index (κ3) is 3.15. The molecule has 0 saturated heterocycles. The van der Waals surface area contributed by atoms with Crippen LogP contribution in [0.3, 0.4) is 0 Å². The molecular formula is C19H17NO2S2. The Morgan fingerprint density at radius 2 is 2.04 bits per heavy atom. The molecule has 24 heavy (non-hydrogen) atoms. The molecule has 1 amide bonds. The second kappa shape index (κ2) is 6.89. The van der Waals surface area contributed by atoms with Crippen molar-refractivity contribution in [1.29, 1.82) is 0 Å². The Morgan fingerprint density at radius 1 is 1.12 bits per heavy atom. The number of rotatable bonds is 4. The van der Waals surface area contributed by atoms with Crippen LogP contribution >= 0.6 is 22.7 Å². The van der Waals surface area contributed by atoms with E-state index in [1.807, 2.05) is 35.7 Å². The standard InChI is InChI=1S/C19H17NO2S2/c21-18(12-16-19-13(7-9-22-16)8-11-24-19)20-15-5-2-1-4-14(15)17-6-3-10-23-17/h1-6,8,10-11,16H,7,9,12H2,(H,20,21). The van der Waals surface area contributed by atoms with Gasteiger partial charge in [-0.25, -0.2) is 0 Å². The van der Waals surface area contributed by atoms with Crippen LogP contribution in [-0.2, 0) is 16.0 Å². The Labute approximate surface area is 148 Å². The Hall–Kier alpha value is -1.95. The number of fused-ring (bicyclic) bond motifs is 1. The predicted octanol–water partition coefficient (Wildman–Crippen LogP) is 5.12. The van der Waals surface area contributed by atoms with Crippen molar-refractivity contribution in [3.8, 4) is 10.4 Å². The van der Waals surface area contributed by atoms with Crippen LogP contribution in [0.1, 0.15) is 23.0 Å². The maximum Gasteiger partial charge on any atom is 0.227 e. The summed E-state index contributed by atoms with van der Waals surface area (Å²) < 4.78 is 5.83. The maximum absolute atomic E-state index is 12.6. The van der Waals surface area contributed by atoms with Crippen molar-refractivity contribution in [3.05, 3.63) is 63.7 Å². The van der Waals surface area contributed by atoms with E-state index >= 15 is 0 Å². The first kappa shape index (κ1) is 15.6. The van der Waals surface area contributed by atoms with Gasteiger partial charge < -0.3 is 10.1 Å². The van der Waals surface area contributed by atoms with Crippen molar-refractivity contribution < 1.29 is 9.53 Å². The number of carbonyl (C=O) groups excluding carboxylic acids is 1. The average Bonchev–Trinajstić information content (AvgIpc) is 3.27. The number of ether oxygens (including phenoxy) is 1. The van der Waals surface area contributed by atoms with E-state index < -0.39 is 0 Å². The van der Waals surface area contributed by atoms with Crippen LogP contribution in [-0.4, -0.2) is 12.5 Å². The second-order valence-electron chi connectivity index (χ2n) is 5.69. The van der Waals surface area contributed by atoms with Crippen molar-refractivity contribution in [2.45, 2.75) is 18.9 Å². The van der Waals surface area contributed by atoms with Crippen LogP contribution < -0.4 is 5.32 Å². The summed E-state index contributed by atoms with van der Waals surface area (Å²) >= 11 is 3.35. The molecule has 0 bridgehead atoms. The number of carbonyl (C=O) groups is 1. The van der Waals surface area contributed by atoms with Gasteiger partial charge in [-0.3, -0.25) is 4.79 Å². The molecule has 0 spiro atoms. The van der Waals surface area contributed by atoms with Gasteiger partial charge >= 0.3 is 0 Å². The van der Waals surface area contributed by atoms with Gasteiger partial charge in [-0.05, 0) is 40.9 Å². The Kier molecular flexibility index (Phi) is 4.47. The molecule has 3 heterocycles. The van der Waals surface area contributed by atoms with Gasteiger partial charge in [-0.2, -0.15) is 0 Å². The number of amides is 1. The number of benzene rings is 1. The lowest BCUT2D eigenvalue weighted by atomic mass is 10.0. The summed E-state index contributed by atoms with van der Waals surface area (Å²) in [7, 11) is 0. The van der Waals surface area contributed by atoms with Crippen LogP contribution in [0.4, 0.5) is 5.69 Å². The molecule has 1 aliphatic heterocycles. The number of hydrogen-bond donors (Lipinski definition) is 1. The zero-order valence-corrected chi connectivity index (χ0v) is 14.7. The molecular weight excluding hydrogens is 338 g/mol. The molecule has 122 valence electrons. The van der Waals surface area contributed by atoms with Crippen LogP contribution in [0, 0.1) is 0 Å². The maximum atomic E-state index is 12.6. The van der Waals surface area contributed by atoms with Gasteiger partial charge in [0.15, 0.2) is 0 Å². The van der Waals surface area contributed by atoms with Crippen LogP contribution in [0.15, 0.2) is 53.2 Å². The summed E-state index contributed by atoms with van der Waals surface area (Å²) in [6.07, 6.45) is 1.17. The molecule has 1 aromatic carbocycles. The highest BCUT2D eigenvalue weighted by atomic mass is 32.1. The molecule has 4 rings (SSSR count). The van der Waals surface area contributed by atoms with Crippen molar-refractivity contribution in [3.63, 3.8) is 0 Å². The molecule has 1 N–H and O–H groups in total. The van der Waals surface area contributed by atoms with Crippen molar-refractivity contribution in [2.24, 2.45) is 0 Å². The lowest BCUT2D eigenvalue weighted by Gasteiger charge is -2.23. The lowest BCUT2D eigenvalue weighted by molar-refractivity contribution is -0.119. The normalized spacial score (nSPS) is 16.6. The van der Waals surface area contributed by atoms with Gasteiger partial charge in [0.1, 0.15) is 6.10 Å². The number of hydrogen-bond acceptors (Lipinski definition) is 4. The van der Waals surface area contributed by atoms with Crippen molar-refractivity contribution >= 4 is 34.3 Å². The zero-order valence-electron chi connectivity index (χ0n) is 13.0. The molecule has 1 atom stereocenters. The third-order valence-corrected chi connectivity index (χ3v) is 6.08. The minimum atomic E-state index is -0.123. The summed E-state index contributed by atoms with van der Waals surface area (Å²) in [5, 5.41) is 7.18. The van der Waals surface area contributed by atoms with Gasteiger partial charge in [-0.1, -0.05) is 24.3 Å². The number of anilines is 1. The monoisotopic (exact) mass is 355 g/mol. The molecule has 0 fully saturated rings. The Balaban J connectivity index is 1.50. The fourth-order valence-corrected chi connectivity index (χ4v) is 4.75. The highest BCUT2D eigenvalue weighted by Crippen LogP contribution is 2.35. The van der Waals surface area contributed by atoms with E-state index in [1.54, 1.807) is 22.7 Å². The summed E-state index contributed by atoms with van der Waals surface area (Å²) in [4.78, 5) is 14.9. The highest BCUT2D eigenvalue weighted by molar-refractivity contribution is 7.13. The predicted molar refractivity (Wildman–Crippen MR) is 99.7 cm³/mol. The summed E-state index contributed by atoms with van der Waals surface area (Å²) in [6, 6.07) is 14.2. The van der Waals surface area contributed by atoms with E-state index in [4.69, 9.17) is 4.74 Å². The van der Waals surface area contributed by atoms with E-state index in [2.05, 4.69) is 22.8 Å². The minimum absolute atomic E-state index is 0.00902. The summed E-state index contributed by atoms with van der Waals surface area (Å²) in [5.41, 5.74) is 3.23. The molecule has 1 aliphatic rings. The molecule has 2 aromatic heterocycles. The van der Waals surface area contributed by atoms with Gasteiger partial charge in [0.25, 0.3) is 0 Å². The first-order valence-electron chi connectivity index (χ1n) is 7.92. The number of thiophene rings is 2. The van der Waals surface area contributed by atoms with E-state index in [0.29, 0.717) is 13.0 Å². The van der Waals surface area contributed by atoms with Gasteiger partial charge in [0.05, 0.1) is 13.0 Å². The molecule has 5 heteroatoms. The van der Waals surface area contributed by atoms with E-state index in [-0.39, 0.29) is 12.0 Å². The fraction of sp³-hybridized carbons (Fsp3) is 0.211. The third-order valence-electron chi connectivity index (χ3n) is 4.12. The van der Waals surface area contributed by atoms with Crippen LogP contribution in [0.2, 0.25) is 0 Å². The van der Waals surface area contributed by atoms with E-state index in [9.17, 15) is 4.79 Å². The summed E-state index contributed by atoms with van der Waals surface area (Å²) in [6.45, 7) is 0.688. The van der Waals surface area contributed by atoms with Gasteiger partial charge in [0, 0.05) is 21.0 Å². The molecule has 3 aromatic rings. The van der Waals surface area contributed by atoms with Crippen molar-refractivity contribution in [1.82, 2.24) is 0 Å². The minimum Gasteiger partial charge on any atom is -0.372 e. The van der Waals surface area contributed by atoms with Crippen molar-refractivity contribution in [2.75, 3.05) is 11.9 Å². The molecule has 0 radical (unpaired) electrons. The van der Waals surface area contributed by atoms with Gasteiger partial charge in [-0.15, -0.1) is 22.7 Å². The average molecular weight is 355 g/mol. The topological polar surface area (TPSA) is 38.3 Å². The summed E-state index contributed by atoms with van der Waals surface area (Å²) in [5.74, 6) is -0.00902. The first-order chi connectivity index (χ1) is 11.8. The lowest BCUT2D eigenvalue weighted by Crippen LogP contribution is -2.21. The van der Waals surface area contributed by atoms with E-state index in [0.717, 1.165) is 22.5 Å². The zero-order chi connectivity index (χ0) is 16.4. The Morgan fingerprint density at radius 3 is 2.92 bits per heavy atom.